The lowest BCUT2D eigenvalue weighted by atomic mass is 10.2. The van der Waals surface area contributed by atoms with E-state index in [0.29, 0.717) is 30.5 Å². The summed E-state index contributed by atoms with van der Waals surface area (Å²) < 4.78 is 11.3. The van der Waals surface area contributed by atoms with Crippen molar-refractivity contribution >= 4 is 0 Å². The van der Waals surface area contributed by atoms with Crippen molar-refractivity contribution in [2.24, 2.45) is 5.73 Å². The summed E-state index contributed by atoms with van der Waals surface area (Å²) in [6.07, 6.45) is 1.72. The highest BCUT2D eigenvalue weighted by molar-refractivity contribution is 5.44. The summed E-state index contributed by atoms with van der Waals surface area (Å²) in [4.78, 5) is 4.18. The van der Waals surface area contributed by atoms with Crippen LogP contribution in [0.3, 0.4) is 0 Å². The quantitative estimate of drug-likeness (QED) is 0.895. The van der Waals surface area contributed by atoms with Crippen LogP contribution in [0.5, 0.6) is 17.4 Å². The molecule has 1 aromatic carbocycles. The van der Waals surface area contributed by atoms with E-state index < -0.39 is 0 Å². The van der Waals surface area contributed by atoms with Gasteiger partial charge in [-0.15, -0.1) is 0 Å². The molecule has 4 heteroatoms. The SMILES string of the molecule is CCOc1cc(CN)ccc1Oc1cc(C)ccn1. The molecule has 1 heterocycles. The van der Waals surface area contributed by atoms with Gasteiger partial charge in [-0.3, -0.25) is 0 Å². The van der Waals surface area contributed by atoms with E-state index in [1.165, 1.54) is 0 Å². The van der Waals surface area contributed by atoms with Crippen molar-refractivity contribution in [1.29, 1.82) is 0 Å². The van der Waals surface area contributed by atoms with Crippen LogP contribution in [0.25, 0.3) is 0 Å². The summed E-state index contributed by atoms with van der Waals surface area (Å²) in [5.41, 5.74) is 7.73. The standard InChI is InChI=1S/C15H18N2O2/c1-3-18-14-9-12(10-16)4-5-13(14)19-15-8-11(2)6-7-17-15/h4-9H,3,10,16H2,1-2H3. The Labute approximate surface area is 113 Å². The van der Waals surface area contributed by atoms with Gasteiger partial charge < -0.3 is 15.2 Å². The Morgan fingerprint density at radius 2 is 2.00 bits per heavy atom. The van der Waals surface area contributed by atoms with Gasteiger partial charge in [-0.2, -0.15) is 0 Å². The number of ether oxygens (including phenoxy) is 2. The molecule has 100 valence electrons. The Hall–Kier alpha value is -2.07. The average Bonchev–Trinajstić information content (AvgIpc) is 2.41. The van der Waals surface area contributed by atoms with Crippen LogP contribution in [0.1, 0.15) is 18.1 Å². The normalized spacial score (nSPS) is 10.3. The number of nitrogens with two attached hydrogens (primary N) is 1. The second kappa shape index (κ2) is 6.20. The molecule has 0 unspecified atom stereocenters. The Balaban J connectivity index is 2.28. The van der Waals surface area contributed by atoms with Gasteiger partial charge in [0.1, 0.15) is 0 Å². The number of hydrogen-bond acceptors (Lipinski definition) is 4. The first-order valence-corrected chi connectivity index (χ1v) is 6.29. The number of pyridine rings is 1. The summed E-state index contributed by atoms with van der Waals surface area (Å²) in [6, 6.07) is 9.49. The van der Waals surface area contributed by atoms with Crippen molar-refractivity contribution in [2.45, 2.75) is 20.4 Å². The lowest BCUT2D eigenvalue weighted by Crippen LogP contribution is -2.00. The van der Waals surface area contributed by atoms with Crippen molar-refractivity contribution in [3.63, 3.8) is 0 Å². The van der Waals surface area contributed by atoms with Gasteiger partial charge in [0.25, 0.3) is 0 Å². The Morgan fingerprint density at radius 1 is 1.16 bits per heavy atom. The maximum atomic E-state index is 5.77. The molecule has 19 heavy (non-hydrogen) atoms. The predicted octanol–water partition coefficient (Wildman–Crippen LogP) is 3.04. The van der Waals surface area contributed by atoms with Crippen LogP contribution in [0.4, 0.5) is 0 Å². The lowest BCUT2D eigenvalue weighted by Gasteiger charge is -2.12. The fourth-order valence-electron chi connectivity index (χ4n) is 1.71. The first-order chi connectivity index (χ1) is 9.22. The zero-order valence-electron chi connectivity index (χ0n) is 11.2. The molecule has 0 amide bonds. The van der Waals surface area contributed by atoms with E-state index in [1.54, 1.807) is 6.20 Å². The van der Waals surface area contributed by atoms with Crippen molar-refractivity contribution in [2.75, 3.05) is 6.61 Å². The summed E-state index contributed by atoms with van der Waals surface area (Å²) in [6.45, 7) is 4.98. The van der Waals surface area contributed by atoms with Gasteiger partial charge in [-0.1, -0.05) is 6.07 Å². The molecule has 2 aromatic rings. The largest absolute Gasteiger partial charge is 0.490 e. The molecular formula is C15H18N2O2. The fraction of sp³-hybridized carbons (Fsp3) is 0.267. The molecule has 0 aliphatic heterocycles. The van der Waals surface area contributed by atoms with E-state index in [1.807, 2.05) is 44.2 Å². The molecule has 0 aliphatic carbocycles. The monoisotopic (exact) mass is 258 g/mol. The zero-order valence-corrected chi connectivity index (χ0v) is 11.2. The third-order valence-corrected chi connectivity index (χ3v) is 2.65. The predicted molar refractivity (Wildman–Crippen MR) is 74.6 cm³/mol. The number of nitrogens with zero attached hydrogens (tertiary/aromatic N) is 1. The van der Waals surface area contributed by atoms with Gasteiger partial charge >= 0.3 is 0 Å². The molecule has 4 nitrogen and oxygen atoms in total. The first kappa shape index (κ1) is 13.4. The molecule has 0 aliphatic rings. The van der Waals surface area contributed by atoms with Gasteiger partial charge in [-0.25, -0.2) is 4.98 Å². The third-order valence-electron chi connectivity index (χ3n) is 2.65. The fourth-order valence-corrected chi connectivity index (χ4v) is 1.71. The maximum Gasteiger partial charge on any atom is 0.219 e. The smallest absolute Gasteiger partial charge is 0.219 e. The number of rotatable bonds is 5. The van der Waals surface area contributed by atoms with E-state index in [0.717, 1.165) is 11.1 Å². The number of hydrogen-bond donors (Lipinski definition) is 1. The van der Waals surface area contributed by atoms with Crippen LogP contribution >= 0.6 is 0 Å². The number of aryl methyl sites for hydroxylation is 1. The summed E-state index contributed by atoms with van der Waals surface area (Å²) in [7, 11) is 0. The van der Waals surface area contributed by atoms with Crippen molar-refractivity contribution in [1.82, 2.24) is 4.98 Å². The highest BCUT2D eigenvalue weighted by Gasteiger charge is 2.08. The van der Waals surface area contributed by atoms with E-state index in [-0.39, 0.29) is 0 Å². The Bertz CT molecular complexity index is 556. The van der Waals surface area contributed by atoms with E-state index in [2.05, 4.69) is 4.98 Å². The molecule has 0 radical (unpaired) electrons. The van der Waals surface area contributed by atoms with Crippen LogP contribution in [0.2, 0.25) is 0 Å². The topological polar surface area (TPSA) is 57.4 Å². The molecule has 0 atom stereocenters. The van der Waals surface area contributed by atoms with Crippen LogP contribution in [-0.2, 0) is 6.54 Å². The summed E-state index contributed by atoms with van der Waals surface area (Å²) in [5.74, 6) is 1.90. The van der Waals surface area contributed by atoms with Gasteiger partial charge in [0, 0.05) is 18.8 Å². The lowest BCUT2D eigenvalue weighted by molar-refractivity contribution is 0.319. The average molecular weight is 258 g/mol. The second-order valence-electron chi connectivity index (χ2n) is 4.19. The van der Waals surface area contributed by atoms with Crippen LogP contribution in [-0.4, -0.2) is 11.6 Å². The minimum absolute atomic E-state index is 0.475. The number of aromatic nitrogens is 1. The van der Waals surface area contributed by atoms with Crippen LogP contribution < -0.4 is 15.2 Å². The molecule has 2 N–H and O–H groups in total. The summed E-state index contributed by atoms with van der Waals surface area (Å²) >= 11 is 0. The molecule has 0 saturated carbocycles. The van der Waals surface area contributed by atoms with Crippen LogP contribution in [0.15, 0.2) is 36.5 Å². The Morgan fingerprint density at radius 3 is 2.68 bits per heavy atom. The van der Waals surface area contributed by atoms with Gasteiger partial charge in [0.15, 0.2) is 11.5 Å². The van der Waals surface area contributed by atoms with Crippen LogP contribution in [0, 0.1) is 6.92 Å². The molecular weight excluding hydrogens is 240 g/mol. The van der Waals surface area contributed by atoms with Crippen molar-refractivity contribution in [3.8, 4) is 17.4 Å². The molecule has 1 aromatic heterocycles. The first-order valence-electron chi connectivity index (χ1n) is 6.29. The maximum absolute atomic E-state index is 5.77. The molecule has 0 fully saturated rings. The van der Waals surface area contributed by atoms with E-state index in [4.69, 9.17) is 15.2 Å². The highest BCUT2D eigenvalue weighted by atomic mass is 16.5. The zero-order chi connectivity index (χ0) is 13.7. The third kappa shape index (κ3) is 3.45. The van der Waals surface area contributed by atoms with Gasteiger partial charge in [-0.05, 0) is 43.2 Å². The minimum atomic E-state index is 0.475. The van der Waals surface area contributed by atoms with Gasteiger partial charge in [0.05, 0.1) is 6.61 Å². The Kier molecular flexibility index (Phi) is 4.36. The highest BCUT2D eigenvalue weighted by Crippen LogP contribution is 2.32. The molecule has 0 saturated heterocycles. The van der Waals surface area contributed by atoms with E-state index >= 15 is 0 Å². The van der Waals surface area contributed by atoms with Crippen molar-refractivity contribution < 1.29 is 9.47 Å². The molecule has 2 rings (SSSR count). The minimum Gasteiger partial charge on any atom is -0.490 e. The number of benzene rings is 1. The van der Waals surface area contributed by atoms with E-state index in [9.17, 15) is 0 Å². The molecule has 0 spiro atoms. The van der Waals surface area contributed by atoms with Crippen molar-refractivity contribution in [3.05, 3.63) is 47.7 Å². The summed E-state index contributed by atoms with van der Waals surface area (Å²) in [5, 5.41) is 0. The second-order valence-corrected chi connectivity index (χ2v) is 4.19. The molecule has 0 bridgehead atoms. The van der Waals surface area contributed by atoms with Gasteiger partial charge in [0.2, 0.25) is 5.88 Å².